The first-order valence-electron chi connectivity index (χ1n) is 8.41. The number of rotatable bonds is 9. The van der Waals surface area contributed by atoms with Crippen molar-refractivity contribution in [3.63, 3.8) is 0 Å². The molecule has 0 saturated heterocycles. The SMILES string of the molecule is CCCCCc1ccc(C=CCSc2ccccc2C(=O)O)cc1. The van der Waals surface area contributed by atoms with E-state index in [-0.39, 0.29) is 0 Å². The van der Waals surface area contributed by atoms with Gasteiger partial charge in [-0.15, -0.1) is 11.8 Å². The summed E-state index contributed by atoms with van der Waals surface area (Å²) in [7, 11) is 0. The molecule has 0 aromatic heterocycles. The molecule has 0 radical (unpaired) electrons. The van der Waals surface area contributed by atoms with Gasteiger partial charge >= 0.3 is 5.97 Å². The van der Waals surface area contributed by atoms with E-state index in [0.717, 1.165) is 17.1 Å². The third kappa shape index (κ3) is 5.89. The van der Waals surface area contributed by atoms with Crippen LogP contribution in [0.1, 0.15) is 47.7 Å². The second kappa shape index (κ2) is 9.99. The molecule has 0 heterocycles. The second-order valence-electron chi connectivity index (χ2n) is 5.71. The van der Waals surface area contributed by atoms with E-state index in [1.165, 1.54) is 30.4 Å². The Hall–Kier alpha value is -2.00. The molecule has 2 aromatic rings. The first-order valence-corrected chi connectivity index (χ1v) is 9.40. The van der Waals surface area contributed by atoms with Gasteiger partial charge < -0.3 is 5.11 Å². The molecular formula is C21H24O2S. The Balaban J connectivity index is 1.85. The maximum Gasteiger partial charge on any atom is 0.336 e. The summed E-state index contributed by atoms with van der Waals surface area (Å²) in [5, 5.41) is 9.17. The Labute approximate surface area is 148 Å². The zero-order valence-electron chi connectivity index (χ0n) is 14.1. The average Bonchev–Trinajstić information content (AvgIpc) is 2.60. The maximum absolute atomic E-state index is 11.2. The first-order chi connectivity index (χ1) is 11.7. The van der Waals surface area contributed by atoms with Crippen LogP contribution < -0.4 is 0 Å². The Bertz CT molecular complexity index is 674. The normalized spacial score (nSPS) is 11.0. The minimum Gasteiger partial charge on any atom is -0.478 e. The molecule has 0 spiro atoms. The molecule has 0 saturated carbocycles. The van der Waals surface area contributed by atoms with E-state index in [2.05, 4.69) is 43.3 Å². The molecule has 2 rings (SSSR count). The van der Waals surface area contributed by atoms with Crippen molar-refractivity contribution in [3.8, 4) is 0 Å². The molecule has 0 unspecified atom stereocenters. The van der Waals surface area contributed by atoms with Crippen molar-refractivity contribution in [1.29, 1.82) is 0 Å². The minimum atomic E-state index is -0.874. The molecule has 0 bridgehead atoms. The highest BCUT2D eigenvalue weighted by atomic mass is 32.2. The highest BCUT2D eigenvalue weighted by Gasteiger charge is 2.08. The van der Waals surface area contributed by atoms with Crippen LogP contribution in [0.25, 0.3) is 6.08 Å². The van der Waals surface area contributed by atoms with Crippen LogP contribution in [0.15, 0.2) is 59.5 Å². The molecule has 126 valence electrons. The van der Waals surface area contributed by atoms with Crippen molar-refractivity contribution in [3.05, 3.63) is 71.3 Å². The molecule has 0 fully saturated rings. The van der Waals surface area contributed by atoms with Gasteiger partial charge in [0.25, 0.3) is 0 Å². The van der Waals surface area contributed by atoms with Crippen molar-refractivity contribution < 1.29 is 9.90 Å². The van der Waals surface area contributed by atoms with Crippen molar-refractivity contribution >= 4 is 23.8 Å². The van der Waals surface area contributed by atoms with Crippen LogP contribution in [0.2, 0.25) is 0 Å². The van der Waals surface area contributed by atoms with Crippen LogP contribution in [-0.4, -0.2) is 16.8 Å². The van der Waals surface area contributed by atoms with Gasteiger partial charge in [0.1, 0.15) is 0 Å². The van der Waals surface area contributed by atoms with Crippen LogP contribution in [0, 0.1) is 0 Å². The van der Waals surface area contributed by atoms with Crippen LogP contribution in [0.4, 0.5) is 0 Å². The van der Waals surface area contributed by atoms with E-state index in [4.69, 9.17) is 0 Å². The average molecular weight is 340 g/mol. The van der Waals surface area contributed by atoms with Crippen LogP contribution in [0.3, 0.4) is 0 Å². The molecule has 2 aromatic carbocycles. The van der Waals surface area contributed by atoms with E-state index in [9.17, 15) is 9.90 Å². The fourth-order valence-corrected chi connectivity index (χ4v) is 3.32. The van der Waals surface area contributed by atoms with Gasteiger partial charge in [0.2, 0.25) is 0 Å². The maximum atomic E-state index is 11.2. The van der Waals surface area contributed by atoms with E-state index in [1.807, 2.05) is 12.1 Å². The van der Waals surface area contributed by atoms with Gasteiger partial charge in [0.05, 0.1) is 5.56 Å². The number of hydrogen-bond donors (Lipinski definition) is 1. The fraction of sp³-hybridized carbons (Fsp3) is 0.286. The summed E-state index contributed by atoms with van der Waals surface area (Å²) >= 11 is 1.54. The van der Waals surface area contributed by atoms with Crippen molar-refractivity contribution in [1.82, 2.24) is 0 Å². The topological polar surface area (TPSA) is 37.3 Å². The lowest BCUT2D eigenvalue weighted by atomic mass is 10.1. The van der Waals surface area contributed by atoms with E-state index in [0.29, 0.717) is 5.56 Å². The van der Waals surface area contributed by atoms with Crippen molar-refractivity contribution in [2.45, 2.75) is 37.5 Å². The fourth-order valence-electron chi connectivity index (χ4n) is 2.47. The third-order valence-corrected chi connectivity index (χ3v) is 4.84. The molecule has 2 nitrogen and oxygen atoms in total. The standard InChI is InChI=1S/C21H24O2S/c1-2-3-4-8-17-12-14-18(15-13-17)9-7-16-24-20-11-6-5-10-19(20)21(22)23/h5-7,9-15H,2-4,8,16H2,1H3,(H,22,23). The Morgan fingerprint density at radius 1 is 1.08 bits per heavy atom. The summed E-state index contributed by atoms with van der Waals surface area (Å²) in [5.41, 5.74) is 2.94. The van der Waals surface area contributed by atoms with Gasteiger partial charge in [-0.25, -0.2) is 4.79 Å². The highest BCUT2D eigenvalue weighted by Crippen LogP contribution is 2.23. The number of carboxylic acid groups (broad SMARTS) is 1. The quantitative estimate of drug-likeness (QED) is 0.454. The van der Waals surface area contributed by atoms with Gasteiger partial charge in [-0.05, 0) is 36.1 Å². The lowest BCUT2D eigenvalue weighted by molar-refractivity contribution is 0.0693. The number of benzene rings is 2. The lowest BCUT2D eigenvalue weighted by Gasteiger charge is -2.03. The minimum absolute atomic E-state index is 0.368. The number of hydrogen-bond acceptors (Lipinski definition) is 2. The second-order valence-corrected chi connectivity index (χ2v) is 6.78. The van der Waals surface area contributed by atoms with E-state index < -0.39 is 5.97 Å². The molecule has 3 heteroatoms. The van der Waals surface area contributed by atoms with Crippen LogP contribution >= 0.6 is 11.8 Å². The van der Waals surface area contributed by atoms with Gasteiger partial charge in [0.15, 0.2) is 0 Å². The van der Waals surface area contributed by atoms with E-state index >= 15 is 0 Å². The Morgan fingerprint density at radius 3 is 2.54 bits per heavy atom. The van der Waals surface area contributed by atoms with Crippen molar-refractivity contribution in [2.75, 3.05) is 5.75 Å². The zero-order valence-corrected chi connectivity index (χ0v) is 14.9. The van der Waals surface area contributed by atoms with Gasteiger partial charge in [-0.1, -0.05) is 68.3 Å². The number of aromatic carboxylic acids is 1. The molecule has 0 aliphatic carbocycles. The number of carbonyl (C=O) groups is 1. The molecule has 24 heavy (non-hydrogen) atoms. The van der Waals surface area contributed by atoms with Crippen molar-refractivity contribution in [2.24, 2.45) is 0 Å². The predicted molar refractivity (Wildman–Crippen MR) is 103 cm³/mol. The number of unbranched alkanes of at least 4 members (excludes halogenated alkanes) is 2. The Kier molecular flexibility index (Phi) is 7.63. The van der Waals surface area contributed by atoms with E-state index in [1.54, 1.807) is 23.9 Å². The Morgan fingerprint density at radius 2 is 1.83 bits per heavy atom. The van der Waals surface area contributed by atoms with Crippen LogP contribution in [0.5, 0.6) is 0 Å². The van der Waals surface area contributed by atoms with Gasteiger partial charge in [-0.2, -0.15) is 0 Å². The van der Waals surface area contributed by atoms with Crippen LogP contribution in [-0.2, 0) is 6.42 Å². The molecule has 0 amide bonds. The highest BCUT2D eigenvalue weighted by molar-refractivity contribution is 7.99. The largest absolute Gasteiger partial charge is 0.478 e. The zero-order chi connectivity index (χ0) is 17.2. The lowest BCUT2D eigenvalue weighted by Crippen LogP contribution is -1.98. The predicted octanol–water partition coefficient (Wildman–Crippen LogP) is 5.92. The summed E-state index contributed by atoms with van der Waals surface area (Å²) in [6.07, 6.45) is 9.12. The number of aryl methyl sites for hydroxylation is 1. The van der Waals surface area contributed by atoms with Gasteiger partial charge in [-0.3, -0.25) is 0 Å². The molecule has 1 N–H and O–H groups in total. The number of carboxylic acids is 1. The summed E-state index contributed by atoms with van der Waals surface area (Å²) < 4.78 is 0. The molecule has 0 aliphatic rings. The number of thioether (sulfide) groups is 1. The summed E-state index contributed by atoms with van der Waals surface area (Å²) in [5.74, 6) is -0.122. The first kappa shape index (κ1) is 18.3. The summed E-state index contributed by atoms with van der Waals surface area (Å²) in [4.78, 5) is 12.0. The summed E-state index contributed by atoms with van der Waals surface area (Å²) in [6.45, 7) is 2.22. The third-order valence-electron chi connectivity index (χ3n) is 3.81. The molecular weight excluding hydrogens is 316 g/mol. The monoisotopic (exact) mass is 340 g/mol. The molecule has 0 aliphatic heterocycles. The smallest absolute Gasteiger partial charge is 0.336 e. The van der Waals surface area contributed by atoms with Gasteiger partial charge in [0, 0.05) is 10.6 Å². The summed E-state index contributed by atoms with van der Waals surface area (Å²) in [6, 6.07) is 15.8. The molecule has 0 atom stereocenters.